The van der Waals surface area contributed by atoms with Crippen LogP contribution in [0.2, 0.25) is 0 Å². The second-order valence-electron chi connectivity index (χ2n) is 4.20. The van der Waals surface area contributed by atoms with E-state index in [1.54, 1.807) is 36.9 Å². The Kier molecular flexibility index (Phi) is 2.94. The lowest BCUT2D eigenvalue weighted by Crippen LogP contribution is -1.86. The number of hydrogen-bond donors (Lipinski definition) is 1. The lowest BCUT2D eigenvalue weighted by Gasteiger charge is -2.10. The van der Waals surface area contributed by atoms with Crippen LogP contribution >= 0.6 is 0 Å². The van der Waals surface area contributed by atoms with E-state index in [-0.39, 0.29) is 5.75 Å². The molecule has 3 rings (SSSR count). The average Bonchev–Trinajstić information content (AvgIpc) is 2.49. The van der Waals surface area contributed by atoms with Gasteiger partial charge in [0.05, 0.1) is 0 Å². The van der Waals surface area contributed by atoms with Crippen LogP contribution in [0.1, 0.15) is 0 Å². The van der Waals surface area contributed by atoms with Crippen molar-refractivity contribution in [2.24, 2.45) is 0 Å². The minimum absolute atomic E-state index is 0.254. The van der Waals surface area contributed by atoms with E-state index in [0.717, 1.165) is 22.3 Å². The molecule has 3 heteroatoms. The Labute approximate surface area is 111 Å². The first-order valence-corrected chi connectivity index (χ1v) is 5.98. The SMILES string of the molecule is Oc1ccc(-c2ccncc2)c(-c2ccncc2)c1. The molecule has 3 nitrogen and oxygen atoms in total. The van der Waals surface area contributed by atoms with Gasteiger partial charge in [0.15, 0.2) is 0 Å². The van der Waals surface area contributed by atoms with E-state index in [9.17, 15) is 5.11 Å². The van der Waals surface area contributed by atoms with Gasteiger partial charge in [-0.05, 0) is 58.7 Å². The highest BCUT2D eigenvalue weighted by Crippen LogP contribution is 2.34. The number of phenols is 1. The third kappa shape index (κ3) is 2.31. The molecule has 0 amide bonds. The van der Waals surface area contributed by atoms with Crippen molar-refractivity contribution in [3.05, 3.63) is 67.3 Å². The minimum atomic E-state index is 0.254. The lowest BCUT2D eigenvalue weighted by molar-refractivity contribution is 0.475. The number of hydrogen-bond acceptors (Lipinski definition) is 3. The Morgan fingerprint density at radius 3 is 1.74 bits per heavy atom. The Hall–Kier alpha value is -2.68. The van der Waals surface area contributed by atoms with Crippen LogP contribution in [0.15, 0.2) is 67.3 Å². The van der Waals surface area contributed by atoms with Crippen molar-refractivity contribution in [2.75, 3.05) is 0 Å². The van der Waals surface area contributed by atoms with E-state index in [1.165, 1.54) is 0 Å². The van der Waals surface area contributed by atoms with Crippen molar-refractivity contribution < 1.29 is 5.11 Å². The summed E-state index contributed by atoms with van der Waals surface area (Å²) >= 11 is 0. The smallest absolute Gasteiger partial charge is 0.116 e. The van der Waals surface area contributed by atoms with Gasteiger partial charge in [0.1, 0.15) is 5.75 Å². The monoisotopic (exact) mass is 248 g/mol. The molecule has 0 bridgehead atoms. The maximum atomic E-state index is 9.72. The van der Waals surface area contributed by atoms with E-state index in [2.05, 4.69) is 9.97 Å². The normalized spacial score (nSPS) is 10.3. The zero-order valence-electron chi connectivity index (χ0n) is 10.2. The molecule has 0 saturated carbocycles. The fraction of sp³-hybridized carbons (Fsp3) is 0. The molecule has 0 fully saturated rings. The first-order chi connectivity index (χ1) is 9.34. The van der Waals surface area contributed by atoms with Crippen molar-refractivity contribution >= 4 is 0 Å². The highest BCUT2D eigenvalue weighted by molar-refractivity contribution is 5.84. The first kappa shape index (κ1) is 11.4. The number of phenolic OH excluding ortho intramolecular Hbond substituents is 1. The third-order valence-electron chi connectivity index (χ3n) is 2.99. The van der Waals surface area contributed by atoms with E-state index in [1.807, 2.05) is 30.3 Å². The number of aromatic hydroxyl groups is 1. The molecule has 0 aliphatic heterocycles. The Morgan fingerprint density at radius 2 is 1.16 bits per heavy atom. The summed E-state index contributed by atoms with van der Waals surface area (Å²) in [5.74, 6) is 0.254. The Balaban J connectivity index is 2.21. The van der Waals surface area contributed by atoms with Gasteiger partial charge in [0.2, 0.25) is 0 Å². The second kappa shape index (κ2) is 4.90. The van der Waals surface area contributed by atoms with Gasteiger partial charge in [0.25, 0.3) is 0 Å². The van der Waals surface area contributed by atoms with Gasteiger partial charge in [-0.15, -0.1) is 0 Å². The average molecular weight is 248 g/mol. The largest absolute Gasteiger partial charge is 0.508 e. The molecular weight excluding hydrogens is 236 g/mol. The number of nitrogens with zero attached hydrogens (tertiary/aromatic N) is 2. The topological polar surface area (TPSA) is 46.0 Å². The van der Waals surface area contributed by atoms with Crippen LogP contribution < -0.4 is 0 Å². The Bertz CT molecular complexity index is 682. The van der Waals surface area contributed by atoms with Gasteiger partial charge in [-0.3, -0.25) is 9.97 Å². The fourth-order valence-electron chi connectivity index (χ4n) is 2.09. The molecule has 92 valence electrons. The molecule has 2 aromatic heterocycles. The van der Waals surface area contributed by atoms with Crippen LogP contribution in [0.5, 0.6) is 5.75 Å². The molecule has 0 aliphatic rings. The summed E-state index contributed by atoms with van der Waals surface area (Å²) in [6, 6.07) is 13.2. The zero-order valence-corrected chi connectivity index (χ0v) is 10.2. The summed E-state index contributed by atoms with van der Waals surface area (Å²) in [5, 5.41) is 9.72. The zero-order chi connectivity index (χ0) is 13.1. The molecule has 1 aromatic carbocycles. The van der Waals surface area contributed by atoms with Gasteiger partial charge >= 0.3 is 0 Å². The molecular formula is C16H12N2O. The maximum Gasteiger partial charge on any atom is 0.116 e. The van der Waals surface area contributed by atoms with E-state index >= 15 is 0 Å². The quantitative estimate of drug-likeness (QED) is 0.754. The van der Waals surface area contributed by atoms with Crippen LogP contribution in [-0.2, 0) is 0 Å². The highest BCUT2D eigenvalue weighted by Gasteiger charge is 2.08. The van der Waals surface area contributed by atoms with Crippen molar-refractivity contribution in [1.29, 1.82) is 0 Å². The molecule has 3 aromatic rings. The fourth-order valence-corrected chi connectivity index (χ4v) is 2.09. The summed E-state index contributed by atoms with van der Waals surface area (Å²) in [5.41, 5.74) is 4.14. The van der Waals surface area contributed by atoms with Crippen molar-refractivity contribution in [1.82, 2.24) is 9.97 Å². The van der Waals surface area contributed by atoms with Crippen LogP contribution in [0, 0.1) is 0 Å². The minimum Gasteiger partial charge on any atom is -0.508 e. The van der Waals surface area contributed by atoms with Crippen LogP contribution in [-0.4, -0.2) is 15.1 Å². The molecule has 1 N–H and O–H groups in total. The van der Waals surface area contributed by atoms with E-state index in [4.69, 9.17) is 0 Å². The number of rotatable bonds is 2. The number of benzene rings is 1. The first-order valence-electron chi connectivity index (χ1n) is 5.98. The molecule has 0 saturated heterocycles. The van der Waals surface area contributed by atoms with Crippen molar-refractivity contribution in [3.8, 4) is 28.0 Å². The second-order valence-corrected chi connectivity index (χ2v) is 4.20. The summed E-state index contributed by atoms with van der Waals surface area (Å²) in [7, 11) is 0. The molecule has 0 atom stereocenters. The van der Waals surface area contributed by atoms with Crippen molar-refractivity contribution in [3.63, 3.8) is 0 Å². The summed E-state index contributed by atoms with van der Waals surface area (Å²) in [6.07, 6.45) is 7.02. The van der Waals surface area contributed by atoms with Crippen LogP contribution in [0.4, 0.5) is 0 Å². The molecule has 19 heavy (non-hydrogen) atoms. The standard InChI is InChI=1S/C16H12N2O/c19-14-1-2-15(12-3-7-17-8-4-12)16(11-14)13-5-9-18-10-6-13/h1-11,19H. The molecule has 0 radical (unpaired) electrons. The van der Waals surface area contributed by atoms with Crippen LogP contribution in [0.3, 0.4) is 0 Å². The summed E-state index contributed by atoms with van der Waals surface area (Å²) in [6.45, 7) is 0. The predicted octanol–water partition coefficient (Wildman–Crippen LogP) is 3.52. The maximum absolute atomic E-state index is 9.72. The number of aromatic nitrogens is 2. The summed E-state index contributed by atoms with van der Waals surface area (Å²) < 4.78 is 0. The van der Waals surface area contributed by atoms with Crippen LogP contribution in [0.25, 0.3) is 22.3 Å². The van der Waals surface area contributed by atoms with E-state index < -0.39 is 0 Å². The molecule has 0 aliphatic carbocycles. The van der Waals surface area contributed by atoms with Gasteiger partial charge in [-0.2, -0.15) is 0 Å². The molecule has 0 spiro atoms. The van der Waals surface area contributed by atoms with Gasteiger partial charge < -0.3 is 5.11 Å². The summed E-state index contributed by atoms with van der Waals surface area (Å²) in [4.78, 5) is 8.05. The Morgan fingerprint density at radius 1 is 0.632 bits per heavy atom. The highest BCUT2D eigenvalue weighted by atomic mass is 16.3. The predicted molar refractivity (Wildman–Crippen MR) is 74.6 cm³/mol. The van der Waals surface area contributed by atoms with Gasteiger partial charge in [-0.1, -0.05) is 6.07 Å². The van der Waals surface area contributed by atoms with E-state index in [0.29, 0.717) is 0 Å². The lowest BCUT2D eigenvalue weighted by atomic mass is 9.95. The third-order valence-corrected chi connectivity index (χ3v) is 2.99. The van der Waals surface area contributed by atoms with Crippen molar-refractivity contribution in [2.45, 2.75) is 0 Å². The van der Waals surface area contributed by atoms with Gasteiger partial charge in [-0.25, -0.2) is 0 Å². The molecule has 0 unspecified atom stereocenters. The van der Waals surface area contributed by atoms with Gasteiger partial charge in [0, 0.05) is 24.8 Å². The number of pyridine rings is 2. The molecule has 2 heterocycles.